The van der Waals surface area contributed by atoms with Gasteiger partial charge in [0, 0.05) is 43.0 Å². The molecule has 0 fully saturated rings. The number of nitrogens with one attached hydrogen (secondary N) is 1. The maximum absolute atomic E-state index is 14.1. The van der Waals surface area contributed by atoms with Crippen molar-refractivity contribution in [3.63, 3.8) is 0 Å². The average Bonchev–Trinajstić information content (AvgIpc) is 3.62. The zero-order valence-corrected chi connectivity index (χ0v) is 42.2. The van der Waals surface area contributed by atoms with Crippen molar-refractivity contribution >= 4 is 60.0 Å². The number of carbonyl (C=O) groups excluding carboxylic acids is 4. The zero-order valence-electron chi connectivity index (χ0n) is 41.3. The Morgan fingerprint density at radius 3 is 2.14 bits per heavy atom. The van der Waals surface area contributed by atoms with Gasteiger partial charge in [-0.1, -0.05) is 50.3 Å². The first-order valence-corrected chi connectivity index (χ1v) is 24.8. The van der Waals surface area contributed by atoms with E-state index in [0.717, 1.165) is 37.0 Å². The molecule has 0 aliphatic rings. The van der Waals surface area contributed by atoms with Gasteiger partial charge in [0.2, 0.25) is 0 Å². The van der Waals surface area contributed by atoms with E-state index < -0.39 is 38.4 Å². The standard InChI is InChI=1S/C49H71N8O11P/c1-37(58)65-34-38(36-68-69(62,63)67-31-29-57(5,6)7)35-66-46(59)26-28-56(42-18-14-13-15-19-42)48(60)40-22-25-44-43(32-40)52-45(55(44)4)33-51-41-23-20-39(21-24-41)47(50)53-49(61)64-30-17-12-10-8-9-11-16-27-54(2)3/h13-15,18-25,32,38H,8-12,16-17,26-31,33-36H2,1-7H3,(H3-,50,51,53,61,62,63)/p+1. The van der Waals surface area contributed by atoms with Gasteiger partial charge in [0.05, 0.1) is 77.5 Å². The van der Waals surface area contributed by atoms with Crippen LogP contribution in [0, 0.1) is 5.92 Å². The average molecular weight is 980 g/mol. The Bertz CT molecular complexity index is 2340. The molecule has 20 heteroatoms. The number of amidine groups is 1. The summed E-state index contributed by atoms with van der Waals surface area (Å²) in [5, 5.41) is 3.36. The fourth-order valence-electron chi connectivity index (χ4n) is 6.89. The Morgan fingerprint density at radius 2 is 1.48 bits per heavy atom. The van der Waals surface area contributed by atoms with Gasteiger partial charge in [-0.15, -0.1) is 0 Å². The summed E-state index contributed by atoms with van der Waals surface area (Å²) in [4.78, 5) is 73.7. The van der Waals surface area contributed by atoms with Crippen LogP contribution in [0.1, 0.15) is 80.0 Å². The normalized spacial score (nSPS) is 13.2. The first-order valence-electron chi connectivity index (χ1n) is 23.3. The van der Waals surface area contributed by atoms with Crippen molar-refractivity contribution in [3.05, 3.63) is 89.7 Å². The number of imidazole rings is 1. The molecule has 4 N–H and O–H groups in total. The Morgan fingerprint density at radius 1 is 0.826 bits per heavy atom. The third kappa shape index (κ3) is 20.8. The van der Waals surface area contributed by atoms with E-state index in [1.807, 2.05) is 57.0 Å². The number of nitrogens with two attached hydrogens (primary N) is 1. The minimum atomic E-state index is -4.44. The summed E-state index contributed by atoms with van der Waals surface area (Å²) < 4.78 is 41.0. The quantitative estimate of drug-likeness (QED) is 0.00917. The first kappa shape index (κ1) is 55.9. The molecule has 0 spiro atoms. The van der Waals surface area contributed by atoms with Crippen molar-refractivity contribution in [1.82, 2.24) is 14.5 Å². The van der Waals surface area contributed by atoms with Crippen molar-refractivity contribution in [2.45, 2.75) is 64.8 Å². The number of amides is 2. The molecule has 69 heavy (non-hydrogen) atoms. The number of aryl methyl sites for hydroxylation is 1. The minimum Gasteiger partial charge on any atom is -0.465 e. The number of rotatable bonds is 30. The van der Waals surface area contributed by atoms with Crippen LogP contribution in [0.5, 0.6) is 0 Å². The number of esters is 2. The van der Waals surface area contributed by atoms with E-state index >= 15 is 0 Å². The van der Waals surface area contributed by atoms with Gasteiger partial charge >= 0.3 is 25.9 Å². The number of benzene rings is 3. The molecule has 0 saturated carbocycles. The molecule has 0 aliphatic carbocycles. The summed E-state index contributed by atoms with van der Waals surface area (Å²) in [7, 11) is 7.34. The van der Waals surface area contributed by atoms with Crippen molar-refractivity contribution in [1.29, 1.82) is 0 Å². The number of fused-ring (bicyclic) bond motifs is 1. The van der Waals surface area contributed by atoms with E-state index in [4.69, 9.17) is 34.0 Å². The van der Waals surface area contributed by atoms with Gasteiger partial charge in [0.25, 0.3) is 5.91 Å². The van der Waals surface area contributed by atoms with Crippen LogP contribution in [0.25, 0.3) is 11.0 Å². The number of aromatic nitrogens is 2. The van der Waals surface area contributed by atoms with Crippen LogP contribution in [0.15, 0.2) is 77.8 Å². The second-order valence-electron chi connectivity index (χ2n) is 18.1. The number of anilines is 2. The SMILES string of the molecule is CC(=O)OCC(COC(=O)CCN(C(=O)c1ccc2c(c1)nc(CNc1ccc(/C(N)=N/C(=O)OCCCCCCCCCN(C)C)cc1)n2C)c1ccccc1)COP(=O)(O)OCC[N+](C)(C)C. The Kier molecular flexibility index (Phi) is 22.8. The maximum atomic E-state index is 14.1. The number of quaternary nitrogens is 1. The van der Waals surface area contributed by atoms with E-state index in [-0.39, 0.29) is 44.5 Å². The van der Waals surface area contributed by atoms with Gasteiger partial charge in [0.15, 0.2) is 0 Å². The molecule has 0 saturated heterocycles. The number of nitrogens with zero attached hydrogens (tertiary/aromatic N) is 6. The van der Waals surface area contributed by atoms with Crippen LogP contribution < -0.4 is 16.0 Å². The Balaban J connectivity index is 1.30. The molecule has 0 bridgehead atoms. The van der Waals surface area contributed by atoms with E-state index in [2.05, 4.69) is 29.3 Å². The highest BCUT2D eigenvalue weighted by atomic mass is 31.2. The smallest absolute Gasteiger partial charge is 0.465 e. The molecule has 2 unspecified atom stereocenters. The van der Waals surface area contributed by atoms with Crippen LogP contribution in [-0.2, 0) is 51.0 Å². The van der Waals surface area contributed by atoms with Crippen LogP contribution in [0.4, 0.5) is 16.2 Å². The van der Waals surface area contributed by atoms with E-state index in [9.17, 15) is 28.6 Å². The Hall–Kier alpha value is -5.69. The second kappa shape index (κ2) is 28.1. The molecule has 0 radical (unpaired) electrons. The number of phosphoric ester groups is 1. The highest BCUT2D eigenvalue weighted by Crippen LogP contribution is 2.43. The summed E-state index contributed by atoms with van der Waals surface area (Å²) in [6.45, 7) is 2.47. The van der Waals surface area contributed by atoms with Gasteiger partial charge in [-0.25, -0.2) is 14.3 Å². The third-order valence-electron chi connectivity index (χ3n) is 10.9. The number of likely N-dealkylation sites (N-methyl/N-ethyl adjacent to an activating group) is 1. The minimum absolute atomic E-state index is 0.0298. The molecule has 2 amide bonds. The highest BCUT2D eigenvalue weighted by Gasteiger charge is 2.27. The van der Waals surface area contributed by atoms with Gasteiger partial charge in [-0.3, -0.25) is 23.4 Å². The van der Waals surface area contributed by atoms with Crippen LogP contribution in [0.3, 0.4) is 0 Å². The van der Waals surface area contributed by atoms with E-state index in [0.29, 0.717) is 52.3 Å². The van der Waals surface area contributed by atoms with Crippen LogP contribution >= 0.6 is 7.82 Å². The maximum Gasteiger partial charge on any atom is 0.472 e. The summed E-state index contributed by atoms with van der Waals surface area (Å²) in [5.74, 6) is -1.61. The van der Waals surface area contributed by atoms with E-state index in [1.165, 1.54) is 37.5 Å². The molecule has 1 aromatic heterocycles. The van der Waals surface area contributed by atoms with Crippen LogP contribution in [0.2, 0.25) is 0 Å². The molecule has 378 valence electrons. The topological polar surface area (TPSA) is 226 Å². The molecule has 1 heterocycles. The van der Waals surface area contributed by atoms with Gasteiger partial charge in [-0.2, -0.15) is 4.99 Å². The zero-order chi connectivity index (χ0) is 50.4. The van der Waals surface area contributed by atoms with Gasteiger partial charge in [-0.05, 0) is 88.1 Å². The van der Waals surface area contributed by atoms with E-state index in [1.54, 1.807) is 48.5 Å². The lowest BCUT2D eigenvalue weighted by atomic mass is 10.1. The van der Waals surface area contributed by atoms with Crippen molar-refractivity contribution in [2.75, 3.05) is 98.1 Å². The lowest BCUT2D eigenvalue weighted by molar-refractivity contribution is -0.870. The predicted molar refractivity (Wildman–Crippen MR) is 266 cm³/mol. The molecular formula is C49H72N8O11P+. The molecule has 4 rings (SSSR count). The van der Waals surface area contributed by atoms with Gasteiger partial charge in [0.1, 0.15) is 24.8 Å². The number of hydrogen-bond acceptors (Lipinski definition) is 13. The molecular weight excluding hydrogens is 908 g/mol. The number of carbonyl (C=O) groups is 4. The van der Waals surface area contributed by atoms with Crippen molar-refractivity contribution in [2.24, 2.45) is 23.7 Å². The number of ether oxygens (including phenoxy) is 3. The fourth-order valence-corrected chi connectivity index (χ4v) is 7.68. The first-order chi connectivity index (χ1) is 32.8. The number of hydrogen-bond donors (Lipinski definition) is 3. The summed E-state index contributed by atoms with van der Waals surface area (Å²) >= 11 is 0. The molecule has 19 nitrogen and oxygen atoms in total. The fraction of sp³-hybridized carbons (Fsp3) is 0.510. The monoisotopic (exact) mass is 980 g/mol. The molecule has 3 aromatic carbocycles. The predicted octanol–water partition coefficient (Wildman–Crippen LogP) is 6.92. The lowest BCUT2D eigenvalue weighted by Gasteiger charge is -2.24. The number of para-hydroxylation sites is 1. The third-order valence-corrected chi connectivity index (χ3v) is 11.9. The second-order valence-corrected chi connectivity index (χ2v) is 19.6. The molecule has 0 aliphatic heterocycles. The highest BCUT2D eigenvalue weighted by molar-refractivity contribution is 7.47. The van der Waals surface area contributed by atoms with Crippen molar-refractivity contribution < 1.29 is 56.4 Å². The number of unbranched alkanes of at least 4 members (excludes halogenated alkanes) is 6. The Labute approximate surface area is 406 Å². The number of phosphoric acid groups is 1. The molecule has 4 aromatic rings. The lowest BCUT2D eigenvalue weighted by Crippen LogP contribution is -2.37. The molecule has 2 atom stereocenters. The summed E-state index contributed by atoms with van der Waals surface area (Å²) in [6, 6.07) is 21.3. The van der Waals surface area contributed by atoms with Gasteiger partial charge < -0.3 is 49.0 Å². The largest absolute Gasteiger partial charge is 0.472 e. The number of aliphatic imine (C=N–C) groups is 1. The summed E-state index contributed by atoms with van der Waals surface area (Å²) in [5.41, 5.74) is 9.79. The summed E-state index contributed by atoms with van der Waals surface area (Å²) in [6.07, 6.45) is 6.85. The van der Waals surface area contributed by atoms with Crippen molar-refractivity contribution in [3.8, 4) is 0 Å². The van der Waals surface area contributed by atoms with Crippen LogP contribution in [-0.4, -0.2) is 142 Å².